The third-order valence-electron chi connectivity index (χ3n) is 3.54. The van der Waals surface area contributed by atoms with Crippen LogP contribution < -0.4 is 4.74 Å². The van der Waals surface area contributed by atoms with Crippen molar-refractivity contribution in [3.63, 3.8) is 0 Å². The zero-order valence-corrected chi connectivity index (χ0v) is 13.2. The Morgan fingerprint density at radius 3 is 2.31 bits per heavy atom. The minimum absolute atomic E-state index is 0.0486. The molecular formula is C18H11F2N3O3. The van der Waals surface area contributed by atoms with Crippen molar-refractivity contribution in [2.24, 2.45) is 0 Å². The van der Waals surface area contributed by atoms with Crippen molar-refractivity contribution in [2.75, 3.05) is 0 Å². The van der Waals surface area contributed by atoms with E-state index in [4.69, 9.17) is 8.94 Å². The Hall–Kier alpha value is -3.55. The van der Waals surface area contributed by atoms with E-state index in [1.165, 1.54) is 12.1 Å². The smallest absolute Gasteiger partial charge is 0.387 e. The SMILES string of the molecule is FC(F)Oc1ccc(-c2nnc(-c3cc(-c4ccccc4)on3)o2)cc1. The van der Waals surface area contributed by atoms with Crippen LogP contribution in [0.2, 0.25) is 0 Å². The number of hydrogen-bond acceptors (Lipinski definition) is 6. The second kappa shape index (κ2) is 6.75. The molecule has 8 heteroatoms. The fourth-order valence-electron chi connectivity index (χ4n) is 2.34. The van der Waals surface area contributed by atoms with Crippen molar-refractivity contribution < 1.29 is 22.5 Å². The number of benzene rings is 2. The highest BCUT2D eigenvalue weighted by atomic mass is 19.3. The lowest BCUT2D eigenvalue weighted by Crippen LogP contribution is -2.01. The minimum Gasteiger partial charge on any atom is -0.435 e. The normalized spacial score (nSPS) is 11.0. The molecular weight excluding hydrogens is 344 g/mol. The predicted molar refractivity (Wildman–Crippen MR) is 87.3 cm³/mol. The number of alkyl halides is 2. The lowest BCUT2D eigenvalue weighted by Gasteiger charge is -2.03. The fourth-order valence-corrected chi connectivity index (χ4v) is 2.34. The fraction of sp³-hybridized carbons (Fsp3) is 0.0556. The lowest BCUT2D eigenvalue weighted by atomic mass is 10.2. The Morgan fingerprint density at radius 2 is 1.58 bits per heavy atom. The van der Waals surface area contributed by atoms with Crippen LogP contribution in [0.4, 0.5) is 8.78 Å². The van der Waals surface area contributed by atoms with Crippen LogP contribution in [0.3, 0.4) is 0 Å². The number of rotatable bonds is 5. The second-order valence-electron chi connectivity index (χ2n) is 5.26. The molecule has 0 saturated carbocycles. The molecule has 0 unspecified atom stereocenters. The van der Waals surface area contributed by atoms with Crippen LogP contribution in [0.25, 0.3) is 34.4 Å². The third-order valence-corrected chi connectivity index (χ3v) is 3.54. The van der Waals surface area contributed by atoms with E-state index >= 15 is 0 Å². The first-order valence-electron chi connectivity index (χ1n) is 7.60. The van der Waals surface area contributed by atoms with Gasteiger partial charge in [-0.1, -0.05) is 35.5 Å². The summed E-state index contributed by atoms with van der Waals surface area (Å²) in [7, 11) is 0. The summed E-state index contributed by atoms with van der Waals surface area (Å²) in [5.41, 5.74) is 1.85. The van der Waals surface area contributed by atoms with Crippen LogP contribution in [-0.2, 0) is 0 Å². The summed E-state index contributed by atoms with van der Waals surface area (Å²) in [5, 5.41) is 11.8. The molecule has 0 bridgehead atoms. The van der Waals surface area contributed by atoms with Gasteiger partial charge in [0.2, 0.25) is 5.89 Å². The summed E-state index contributed by atoms with van der Waals surface area (Å²) in [6.45, 7) is -2.87. The topological polar surface area (TPSA) is 74.2 Å². The monoisotopic (exact) mass is 355 g/mol. The Morgan fingerprint density at radius 1 is 0.846 bits per heavy atom. The summed E-state index contributed by atoms with van der Waals surface area (Å²) in [6.07, 6.45) is 0. The Labute approximate surface area is 146 Å². The van der Waals surface area contributed by atoms with Gasteiger partial charge in [-0.3, -0.25) is 0 Å². The van der Waals surface area contributed by atoms with Crippen molar-refractivity contribution in [1.82, 2.24) is 15.4 Å². The Kier molecular flexibility index (Phi) is 4.14. The van der Waals surface area contributed by atoms with E-state index < -0.39 is 6.61 Å². The third kappa shape index (κ3) is 3.30. The molecule has 0 radical (unpaired) electrons. The van der Waals surface area contributed by atoms with Crippen LogP contribution in [0.5, 0.6) is 5.75 Å². The highest BCUT2D eigenvalue weighted by Gasteiger charge is 2.16. The van der Waals surface area contributed by atoms with Gasteiger partial charge in [0, 0.05) is 17.2 Å². The quantitative estimate of drug-likeness (QED) is 0.518. The van der Waals surface area contributed by atoms with Crippen LogP contribution >= 0.6 is 0 Å². The first kappa shape index (κ1) is 15.9. The highest BCUT2D eigenvalue weighted by Crippen LogP contribution is 2.28. The molecule has 0 aliphatic carbocycles. The molecule has 0 amide bonds. The molecule has 0 aliphatic heterocycles. The van der Waals surface area contributed by atoms with E-state index in [1.54, 1.807) is 18.2 Å². The summed E-state index contributed by atoms with van der Waals surface area (Å²) in [4.78, 5) is 0. The molecule has 2 aromatic heterocycles. The molecule has 6 nitrogen and oxygen atoms in total. The van der Waals surface area contributed by atoms with Crippen molar-refractivity contribution >= 4 is 0 Å². The van der Waals surface area contributed by atoms with Crippen LogP contribution in [0.15, 0.2) is 69.6 Å². The molecule has 0 fully saturated rings. The zero-order valence-electron chi connectivity index (χ0n) is 13.2. The summed E-state index contributed by atoms with van der Waals surface area (Å²) in [6, 6.07) is 17.1. The maximum atomic E-state index is 12.2. The van der Waals surface area contributed by atoms with Gasteiger partial charge in [-0.15, -0.1) is 10.2 Å². The van der Waals surface area contributed by atoms with Gasteiger partial charge in [0.25, 0.3) is 5.89 Å². The molecule has 130 valence electrons. The van der Waals surface area contributed by atoms with Gasteiger partial charge in [-0.25, -0.2) is 0 Å². The average Bonchev–Trinajstić information content (AvgIpc) is 3.32. The molecule has 0 spiro atoms. The van der Waals surface area contributed by atoms with E-state index in [1.807, 2.05) is 30.3 Å². The van der Waals surface area contributed by atoms with E-state index in [-0.39, 0.29) is 17.5 Å². The molecule has 2 heterocycles. The Balaban J connectivity index is 1.56. The maximum Gasteiger partial charge on any atom is 0.387 e. The highest BCUT2D eigenvalue weighted by molar-refractivity contribution is 5.63. The van der Waals surface area contributed by atoms with Gasteiger partial charge in [0.05, 0.1) is 0 Å². The molecule has 0 atom stereocenters. The van der Waals surface area contributed by atoms with Gasteiger partial charge in [0.1, 0.15) is 5.75 Å². The number of halogens is 2. The van der Waals surface area contributed by atoms with Crippen molar-refractivity contribution in [3.05, 3.63) is 60.7 Å². The maximum absolute atomic E-state index is 12.2. The number of ether oxygens (including phenoxy) is 1. The van der Waals surface area contributed by atoms with Gasteiger partial charge >= 0.3 is 6.61 Å². The van der Waals surface area contributed by atoms with Gasteiger partial charge < -0.3 is 13.7 Å². The van der Waals surface area contributed by atoms with Gasteiger partial charge in [-0.05, 0) is 24.3 Å². The molecule has 0 N–H and O–H groups in total. The lowest BCUT2D eigenvalue weighted by molar-refractivity contribution is -0.0498. The summed E-state index contributed by atoms with van der Waals surface area (Å²) < 4.78 is 39.6. The molecule has 0 saturated heterocycles. The molecule has 4 rings (SSSR count). The van der Waals surface area contributed by atoms with Crippen LogP contribution in [0, 0.1) is 0 Å². The standard InChI is InChI=1S/C18H11F2N3O3/c19-18(20)24-13-8-6-12(7-9-13)16-21-22-17(25-16)14-10-15(26-23-14)11-4-2-1-3-5-11/h1-10,18H. The van der Waals surface area contributed by atoms with Crippen molar-refractivity contribution in [3.8, 4) is 40.1 Å². The second-order valence-corrected chi connectivity index (χ2v) is 5.26. The molecule has 26 heavy (non-hydrogen) atoms. The van der Waals surface area contributed by atoms with E-state index in [9.17, 15) is 8.78 Å². The van der Waals surface area contributed by atoms with E-state index in [0.717, 1.165) is 5.56 Å². The number of nitrogens with zero attached hydrogens (tertiary/aromatic N) is 3. The number of hydrogen-bond donors (Lipinski definition) is 0. The number of aromatic nitrogens is 3. The van der Waals surface area contributed by atoms with Crippen molar-refractivity contribution in [2.45, 2.75) is 6.61 Å². The average molecular weight is 355 g/mol. The van der Waals surface area contributed by atoms with Gasteiger partial charge in [0.15, 0.2) is 11.5 Å². The summed E-state index contributed by atoms with van der Waals surface area (Å²) >= 11 is 0. The largest absolute Gasteiger partial charge is 0.435 e. The van der Waals surface area contributed by atoms with E-state index in [2.05, 4.69) is 20.1 Å². The van der Waals surface area contributed by atoms with Crippen LogP contribution in [0.1, 0.15) is 0 Å². The zero-order chi connectivity index (χ0) is 17.9. The first-order valence-corrected chi connectivity index (χ1v) is 7.60. The Bertz CT molecular complexity index is 998. The van der Waals surface area contributed by atoms with E-state index in [0.29, 0.717) is 17.0 Å². The summed E-state index contributed by atoms with van der Waals surface area (Å²) in [5.74, 6) is 1.05. The molecule has 0 aliphatic rings. The van der Waals surface area contributed by atoms with Crippen LogP contribution in [-0.4, -0.2) is 22.0 Å². The first-order chi connectivity index (χ1) is 12.7. The van der Waals surface area contributed by atoms with Gasteiger partial charge in [-0.2, -0.15) is 8.78 Å². The molecule has 4 aromatic rings. The minimum atomic E-state index is -2.87. The molecule has 2 aromatic carbocycles. The predicted octanol–water partition coefficient (Wildman–Crippen LogP) is 4.66. The van der Waals surface area contributed by atoms with Crippen molar-refractivity contribution in [1.29, 1.82) is 0 Å².